The summed E-state index contributed by atoms with van der Waals surface area (Å²) in [6, 6.07) is 6.73. The summed E-state index contributed by atoms with van der Waals surface area (Å²) in [7, 11) is 0. The molecular formula is C17H28N2O. The average Bonchev–Trinajstić information content (AvgIpc) is 2.39. The molecule has 0 unspecified atom stereocenters. The molecule has 1 aromatic rings. The summed E-state index contributed by atoms with van der Waals surface area (Å²) in [6.07, 6.45) is 3.00. The van der Waals surface area contributed by atoms with Crippen molar-refractivity contribution in [2.45, 2.75) is 45.8 Å². The first-order valence-electron chi connectivity index (χ1n) is 7.82. The first-order chi connectivity index (χ1) is 9.63. The van der Waals surface area contributed by atoms with Gasteiger partial charge in [0.05, 0.1) is 6.10 Å². The molecule has 0 spiro atoms. The Bertz CT molecular complexity index is 391. The highest BCUT2D eigenvalue weighted by atomic mass is 16.3. The van der Waals surface area contributed by atoms with E-state index in [0.29, 0.717) is 0 Å². The van der Waals surface area contributed by atoms with Crippen molar-refractivity contribution in [1.29, 1.82) is 0 Å². The second kappa shape index (κ2) is 7.77. The van der Waals surface area contributed by atoms with Gasteiger partial charge >= 0.3 is 0 Å². The van der Waals surface area contributed by atoms with Crippen LogP contribution in [0.1, 0.15) is 36.0 Å². The second-order valence-corrected chi connectivity index (χ2v) is 6.10. The van der Waals surface area contributed by atoms with E-state index in [-0.39, 0.29) is 6.10 Å². The van der Waals surface area contributed by atoms with Gasteiger partial charge in [0.25, 0.3) is 0 Å². The zero-order valence-electron chi connectivity index (χ0n) is 12.9. The van der Waals surface area contributed by atoms with Crippen molar-refractivity contribution in [2.24, 2.45) is 0 Å². The molecular weight excluding hydrogens is 248 g/mol. The molecule has 0 aliphatic carbocycles. The van der Waals surface area contributed by atoms with Gasteiger partial charge in [-0.15, -0.1) is 0 Å². The fourth-order valence-electron chi connectivity index (χ4n) is 2.97. The Morgan fingerprint density at radius 1 is 1.15 bits per heavy atom. The Kier molecular flexibility index (Phi) is 6.02. The van der Waals surface area contributed by atoms with Crippen molar-refractivity contribution in [2.75, 3.05) is 26.2 Å². The van der Waals surface area contributed by atoms with Gasteiger partial charge in [0.15, 0.2) is 0 Å². The van der Waals surface area contributed by atoms with Gasteiger partial charge in [-0.25, -0.2) is 0 Å². The lowest BCUT2D eigenvalue weighted by molar-refractivity contribution is 0.0821. The minimum atomic E-state index is -0.0612. The SMILES string of the molecule is Cc1cc(C)cc(CNCCCN2CCC(O)CC2)c1. The maximum absolute atomic E-state index is 9.47. The van der Waals surface area contributed by atoms with Crippen molar-refractivity contribution >= 4 is 0 Å². The quantitative estimate of drug-likeness (QED) is 0.782. The second-order valence-electron chi connectivity index (χ2n) is 6.10. The van der Waals surface area contributed by atoms with Crippen LogP contribution in [0.2, 0.25) is 0 Å². The molecule has 2 N–H and O–H groups in total. The maximum atomic E-state index is 9.47. The molecule has 1 saturated heterocycles. The van der Waals surface area contributed by atoms with Gasteiger partial charge in [-0.3, -0.25) is 0 Å². The van der Waals surface area contributed by atoms with Crippen molar-refractivity contribution in [3.05, 3.63) is 34.9 Å². The number of aryl methyl sites for hydroxylation is 2. The van der Waals surface area contributed by atoms with Gasteiger partial charge in [0.1, 0.15) is 0 Å². The molecule has 1 fully saturated rings. The summed E-state index contributed by atoms with van der Waals surface area (Å²) in [5, 5.41) is 13.0. The minimum Gasteiger partial charge on any atom is -0.393 e. The summed E-state index contributed by atoms with van der Waals surface area (Å²) in [5.41, 5.74) is 4.06. The highest BCUT2D eigenvalue weighted by Crippen LogP contribution is 2.10. The molecule has 1 aromatic carbocycles. The number of nitrogens with one attached hydrogen (secondary N) is 1. The van der Waals surface area contributed by atoms with Crippen LogP contribution >= 0.6 is 0 Å². The number of piperidine rings is 1. The van der Waals surface area contributed by atoms with Gasteiger partial charge in [-0.2, -0.15) is 0 Å². The average molecular weight is 276 g/mol. The molecule has 0 atom stereocenters. The molecule has 3 heteroatoms. The number of aliphatic hydroxyl groups is 1. The summed E-state index contributed by atoms with van der Waals surface area (Å²) in [4.78, 5) is 2.46. The van der Waals surface area contributed by atoms with Crippen molar-refractivity contribution in [3.63, 3.8) is 0 Å². The number of hydrogen-bond donors (Lipinski definition) is 2. The van der Waals surface area contributed by atoms with Gasteiger partial charge in [-0.05, 0) is 51.8 Å². The maximum Gasteiger partial charge on any atom is 0.0564 e. The first-order valence-corrected chi connectivity index (χ1v) is 7.82. The Balaban J connectivity index is 1.59. The fourth-order valence-corrected chi connectivity index (χ4v) is 2.97. The van der Waals surface area contributed by atoms with Gasteiger partial charge in [0, 0.05) is 19.6 Å². The molecule has 2 rings (SSSR count). The standard InChI is InChI=1S/C17H28N2O/c1-14-10-15(2)12-16(11-14)13-18-6-3-7-19-8-4-17(20)5-9-19/h10-12,17-18,20H,3-9,13H2,1-2H3. The molecule has 0 radical (unpaired) electrons. The molecule has 1 aliphatic heterocycles. The highest BCUT2D eigenvalue weighted by Gasteiger charge is 2.15. The number of rotatable bonds is 6. The number of hydrogen-bond acceptors (Lipinski definition) is 3. The molecule has 0 bridgehead atoms. The van der Waals surface area contributed by atoms with Crippen LogP contribution in [0, 0.1) is 13.8 Å². The van der Waals surface area contributed by atoms with Crippen LogP contribution in [-0.2, 0) is 6.54 Å². The van der Waals surface area contributed by atoms with E-state index in [2.05, 4.69) is 42.3 Å². The van der Waals surface area contributed by atoms with E-state index in [1.54, 1.807) is 0 Å². The van der Waals surface area contributed by atoms with Crippen LogP contribution in [0.25, 0.3) is 0 Å². The zero-order valence-corrected chi connectivity index (χ0v) is 12.9. The third kappa shape index (κ3) is 5.23. The van der Waals surface area contributed by atoms with E-state index in [1.165, 1.54) is 23.1 Å². The van der Waals surface area contributed by atoms with Crippen molar-refractivity contribution in [1.82, 2.24) is 10.2 Å². The Hall–Kier alpha value is -0.900. The molecule has 1 heterocycles. The first kappa shape index (κ1) is 15.5. The van der Waals surface area contributed by atoms with E-state index in [9.17, 15) is 5.11 Å². The van der Waals surface area contributed by atoms with Gasteiger partial charge in [-0.1, -0.05) is 29.3 Å². The number of aliphatic hydroxyl groups excluding tert-OH is 1. The minimum absolute atomic E-state index is 0.0612. The van der Waals surface area contributed by atoms with Crippen molar-refractivity contribution < 1.29 is 5.11 Å². The molecule has 3 nitrogen and oxygen atoms in total. The molecule has 112 valence electrons. The number of likely N-dealkylation sites (tertiary alicyclic amines) is 1. The fraction of sp³-hybridized carbons (Fsp3) is 0.647. The van der Waals surface area contributed by atoms with E-state index in [4.69, 9.17) is 0 Å². The Labute approximate surface area is 123 Å². The smallest absolute Gasteiger partial charge is 0.0564 e. The third-order valence-corrected chi connectivity index (χ3v) is 4.00. The van der Waals surface area contributed by atoms with Crippen LogP contribution in [0.3, 0.4) is 0 Å². The molecule has 1 aliphatic rings. The van der Waals surface area contributed by atoms with E-state index in [1.807, 2.05) is 0 Å². The third-order valence-electron chi connectivity index (χ3n) is 4.00. The predicted molar refractivity (Wildman–Crippen MR) is 83.9 cm³/mol. The molecule has 0 amide bonds. The summed E-state index contributed by atoms with van der Waals surface area (Å²) < 4.78 is 0. The lowest BCUT2D eigenvalue weighted by Crippen LogP contribution is -2.37. The number of nitrogens with zero attached hydrogens (tertiary/aromatic N) is 1. The van der Waals surface area contributed by atoms with Crippen LogP contribution in [-0.4, -0.2) is 42.3 Å². The molecule has 0 saturated carbocycles. The highest BCUT2D eigenvalue weighted by molar-refractivity contribution is 5.28. The lowest BCUT2D eigenvalue weighted by Gasteiger charge is -2.29. The van der Waals surface area contributed by atoms with Crippen LogP contribution in [0.5, 0.6) is 0 Å². The summed E-state index contributed by atoms with van der Waals surface area (Å²) in [5.74, 6) is 0. The topological polar surface area (TPSA) is 35.5 Å². The van der Waals surface area contributed by atoms with Gasteiger partial charge < -0.3 is 15.3 Å². The predicted octanol–water partition coefficient (Wildman–Crippen LogP) is 2.24. The summed E-state index contributed by atoms with van der Waals surface area (Å²) >= 11 is 0. The zero-order chi connectivity index (χ0) is 14.4. The van der Waals surface area contributed by atoms with Gasteiger partial charge in [0.2, 0.25) is 0 Å². The summed E-state index contributed by atoms with van der Waals surface area (Å²) in [6.45, 7) is 9.58. The Morgan fingerprint density at radius 2 is 1.80 bits per heavy atom. The van der Waals surface area contributed by atoms with E-state index < -0.39 is 0 Å². The normalized spacial score (nSPS) is 17.6. The molecule has 0 aromatic heterocycles. The largest absolute Gasteiger partial charge is 0.393 e. The van der Waals surface area contributed by atoms with Crippen LogP contribution in [0.15, 0.2) is 18.2 Å². The lowest BCUT2D eigenvalue weighted by atomic mass is 10.1. The van der Waals surface area contributed by atoms with E-state index >= 15 is 0 Å². The van der Waals surface area contributed by atoms with Crippen LogP contribution < -0.4 is 5.32 Å². The number of benzene rings is 1. The Morgan fingerprint density at radius 3 is 2.45 bits per heavy atom. The van der Waals surface area contributed by atoms with E-state index in [0.717, 1.165) is 45.6 Å². The van der Waals surface area contributed by atoms with Crippen molar-refractivity contribution in [3.8, 4) is 0 Å². The monoisotopic (exact) mass is 276 g/mol. The molecule has 20 heavy (non-hydrogen) atoms. The van der Waals surface area contributed by atoms with Crippen LogP contribution in [0.4, 0.5) is 0 Å².